The second kappa shape index (κ2) is 5.39. The van der Waals surface area contributed by atoms with Crippen molar-refractivity contribution in [2.75, 3.05) is 26.2 Å². The zero-order valence-electron chi connectivity index (χ0n) is 10.1. The monoisotopic (exact) mass is 314 g/mol. The minimum absolute atomic E-state index is 0.834. The Balaban J connectivity index is 1.63. The van der Waals surface area contributed by atoms with Crippen molar-refractivity contribution in [3.05, 3.63) is 20.8 Å². The van der Waals surface area contributed by atoms with Gasteiger partial charge in [0, 0.05) is 33.9 Å². The molecule has 3 rings (SSSR count). The summed E-state index contributed by atoms with van der Waals surface area (Å²) < 4.78 is 1.23. The molecule has 2 nitrogen and oxygen atoms in total. The Morgan fingerprint density at radius 3 is 3.00 bits per heavy atom. The van der Waals surface area contributed by atoms with Gasteiger partial charge in [-0.15, -0.1) is 11.3 Å². The van der Waals surface area contributed by atoms with Crippen LogP contribution in [0.3, 0.4) is 0 Å². The van der Waals surface area contributed by atoms with Gasteiger partial charge < -0.3 is 0 Å². The highest BCUT2D eigenvalue weighted by Crippen LogP contribution is 2.25. The first-order chi connectivity index (χ1) is 8.31. The Labute approximate surface area is 116 Å². The molecule has 2 aliphatic heterocycles. The van der Waals surface area contributed by atoms with E-state index in [4.69, 9.17) is 0 Å². The molecular weight excluding hydrogens is 296 g/mol. The maximum Gasteiger partial charge on any atom is 0.0328 e. The zero-order valence-corrected chi connectivity index (χ0v) is 12.5. The molecule has 1 atom stereocenters. The Morgan fingerprint density at radius 2 is 2.18 bits per heavy atom. The van der Waals surface area contributed by atoms with E-state index in [2.05, 4.69) is 37.2 Å². The fraction of sp³-hybridized carbons (Fsp3) is 0.692. The lowest BCUT2D eigenvalue weighted by Gasteiger charge is -2.25. The van der Waals surface area contributed by atoms with Gasteiger partial charge in [-0.05, 0) is 60.9 Å². The van der Waals surface area contributed by atoms with Crippen LogP contribution in [0.1, 0.15) is 24.1 Å². The van der Waals surface area contributed by atoms with Crippen molar-refractivity contribution in [2.24, 2.45) is 0 Å². The quantitative estimate of drug-likeness (QED) is 0.827. The van der Waals surface area contributed by atoms with Crippen molar-refractivity contribution in [1.82, 2.24) is 9.80 Å². The molecule has 3 heterocycles. The molecule has 0 amide bonds. The summed E-state index contributed by atoms with van der Waals surface area (Å²) in [5.74, 6) is 0. The van der Waals surface area contributed by atoms with Crippen LogP contribution in [0, 0.1) is 0 Å². The summed E-state index contributed by atoms with van der Waals surface area (Å²) in [6.07, 6.45) is 4.15. The molecule has 0 aliphatic carbocycles. The smallest absolute Gasteiger partial charge is 0.0328 e. The first-order valence-electron chi connectivity index (χ1n) is 6.50. The Kier molecular flexibility index (Phi) is 3.85. The topological polar surface area (TPSA) is 6.48 Å². The molecule has 2 saturated heterocycles. The molecule has 1 aromatic heterocycles. The van der Waals surface area contributed by atoms with Crippen molar-refractivity contribution in [1.29, 1.82) is 0 Å². The van der Waals surface area contributed by atoms with Crippen LogP contribution in [0.15, 0.2) is 15.9 Å². The minimum atomic E-state index is 0.834. The molecule has 4 heteroatoms. The van der Waals surface area contributed by atoms with Gasteiger partial charge in [0.1, 0.15) is 0 Å². The molecule has 94 valence electrons. The third kappa shape index (κ3) is 2.92. The number of hydrogen-bond acceptors (Lipinski definition) is 3. The lowest BCUT2D eigenvalue weighted by molar-refractivity contribution is 0.216. The van der Waals surface area contributed by atoms with Crippen LogP contribution >= 0.6 is 27.3 Å². The molecule has 0 bridgehead atoms. The molecule has 0 N–H and O–H groups in total. The summed E-state index contributed by atoms with van der Waals surface area (Å²) in [6, 6.07) is 3.10. The van der Waals surface area contributed by atoms with E-state index in [1.807, 2.05) is 11.3 Å². The lowest BCUT2D eigenvalue weighted by atomic mass is 10.2. The standard InChI is InChI=1S/C13H19BrN2S/c14-11-7-13(17-10-11)9-15-4-2-6-16-5-1-3-12(16)8-15/h7,10,12H,1-6,8-9H2. The van der Waals surface area contributed by atoms with Gasteiger partial charge in [-0.25, -0.2) is 0 Å². The van der Waals surface area contributed by atoms with E-state index in [0.29, 0.717) is 0 Å². The van der Waals surface area contributed by atoms with Crippen LogP contribution in [-0.2, 0) is 6.54 Å². The third-order valence-electron chi connectivity index (χ3n) is 3.89. The summed E-state index contributed by atoms with van der Waals surface area (Å²) in [5, 5.41) is 2.19. The van der Waals surface area contributed by atoms with Crippen LogP contribution in [-0.4, -0.2) is 42.0 Å². The van der Waals surface area contributed by atoms with Crippen LogP contribution in [0.5, 0.6) is 0 Å². The highest BCUT2D eigenvalue weighted by Gasteiger charge is 2.28. The first-order valence-corrected chi connectivity index (χ1v) is 8.18. The van der Waals surface area contributed by atoms with Gasteiger partial charge >= 0.3 is 0 Å². The molecule has 0 aromatic carbocycles. The summed E-state index contributed by atoms with van der Waals surface area (Å²) in [4.78, 5) is 6.84. The summed E-state index contributed by atoms with van der Waals surface area (Å²) in [5.41, 5.74) is 0. The third-order valence-corrected chi connectivity index (χ3v) is 5.57. The first kappa shape index (κ1) is 12.2. The largest absolute Gasteiger partial charge is 0.299 e. The van der Waals surface area contributed by atoms with E-state index in [-0.39, 0.29) is 0 Å². The van der Waals surface area contributed by atoms with Crippen LogP contribution in [0.2, 0.25) is 0 Å². The molecular formula is C13H19BrN2S. The maximum absolute atomic E-state index is 3.54. The zero-order chi connectivity index (χ0) is 11.7. The van der Waals surface area contributed by atoms with E-state index in [0.717, 1.165) is 12.6 Å². The molecule has 2 aliphatic rings. The molecule has 0 radical (unpaired) electrons. The molecule has 1 aromatic rings. The van der Waals surface area contributed by atoms with E-state index < -0.39 is 0 Å². The van der Waals surface area contributed by atoms with Gasteiger partial charge in [0.25, 0.3) is 0 Å². The van der Waals surface area contributed by atoms with E-state index in [9.17, 15) is 0 Å². The second-order valence-electron chi connectivity index (χ2n) is 5.15. The van der Waals surface area contributed by atoms with E-state index in [1.165, 1.54) is 54.8 Å². The maximum atomic E-state index is 3.54. The van der Waals surface area contributed by atoms with Gasteiger partial charge in [0.15, 0.2) is 0 Å². The van der Waals surface area contributed by atoms with Crippen LogP contribution < -0.4 is 0 Å². The number of rotatable bonds is 2. The average molecular weight is 315 g/mol. The second-order valence-corrected chi connectivity index (χ2v) is 7.06. The highest BCUT2D eigenvalue weighted by atomic mass is 79.9. The molecule has 0 saturated carbocycles. The summed E-state index contributed by atoms with van der Waals surface area (Å²) in [7, 11) is 0. The van der Waals surface area contributed by atoms with Crippen molar-refractivity contribution in [3.63, 3.8) is 0 Å². The van der Waals surface area contributed by atoms with Gasteiger partial charge in [-0.3, -0.25) is 9.80 Å². The molecule has 0 spiro atoms. The highest BCUT2D eigenvalue weighted by molar-refractivity contribution is 9.10. The fourth-order valence-corrected chi connectivity index (χ4v) is 4.58. The average Bonchev–Trinajstić information content (AvgIpc) is 2.85. The van der Waals surface area contributed by atoms with Crippen molar-refractivity contribution >= 4 is 27.3 Å². The Morgan fingerprint density at radius 1 is 1.29 bits per heavy atom. The Hall–Kier alpha value is 0.1000. The van der Waals surface area contributed by atoms with Crippen molar-refractivity contribution < 1.29 is 0 Å². The summed E-state index contributed by atoms with van der Waals surface area (Å²) >= 11 is 5.41. The fourth-order valence-electron chi connectivity index (χ4n) is 3.08. The van der Waals surface area contributed by atoms with E-state index in [1.54, 1.807) is 0 Å². The number of halogens is 1. The Bertz CT molecular complexity index is 379. The predicted octanol–water partition coefficient (Wildman–Crippen LogP) is 3.18. The van der Waals surface area contributed by atoms with Crippen LogP contribution in [0.25, 0.3) is 0 Å². The number of thiophene rings is 1. The van der Waals surface area contributed by atoms with Crippen molar-refractivity contribution in [2.45, 2.75) is 31.8 Å². The van der Waals surface area contributed by atoms with Gasteiger partial charge in [-0.2, -0.15) is 0 Å². The number of hydrogen-bond donors (Lipinski definition) is 0. The van der Waals surface area contributed by atoms with Gasteiger partial charge in [0.05, 0.1) is 0 Å². The summed E-state index contributed by atoms with van der Waals surface area (Å²) in [6.45, 7) is 6.33. The lowest BCUT2D eigenvalue weighted by Crippen LogP contribution is -2.36. The van der Waals surface area contributed by atoms with E-state index >= 15 is 0 Å². The normalized spacial score (nSPS) is 27.0. The molecule has 2 fully saturated rings. The molecule has 1 unspecified atom stereocenters. The van der Waals surface area contributed by atoms with Gasteiger partial charge in [0.2, 0.25) is 0 Å². The molecule has 17 heavy (non-hydrogen) atoms. The SMILES string of the molecule is Brc1csc(CN2CCCN3CCCC3C2)c1. The van der Waals surface area contributed by atoms with Crippen molar-refractivity contribution in [3.8, 4) is 0 Å². The number of fused-ring (bicyclic) bond motifs is 1. The van der Waals surface area contributed by atoms with Gasteiger partial charge in [-0.1, -0.05) is 0 Å². The number of nitrogens with zero attached hydrogens (tertiary/aromatic N) is 2. The predicted molar refractivity (Wildman–Crippen MR) is 76.5 cm³/mol. The minimum Gasteiger partial charge on any atom is -0.299 e. The van der Waals surface area contributed by atoms with Crippen LogP contribution in [0.4, 0.5) is 0 Å².